The zero-order chi connectivity index (χ0) is 18.9. The van der Waals surface area contributed by atoms with E-state index in [9.17, 15) is 28.7 Å². The van der Waals surface area contributed by atoms with Crippen molar-refractivity contribution in [2.75, 3.05) is 12.3 Å². The molecule has 144 valence electrons. The van der Waals surface area contributed by atoms with Crippen LogP contribution in [-0.4, -0.2) is 29.1 Å². The quantitative estimate of drug-likeness (QED) is 0.409. The summed E-state index contributed by atoms with van der Waals surface area (Å²) in [5.41, 5.74) is -2.66. The smallest absolute Gasteiger partial charge is 0.0695 e. The van der Waals surface area contributed by atoms with Crippen LogP contribution in [0.4, 0.5) is 0 Å². The van der Waals surface area contributed by atoms with E-state index in [-0.39, 0.29) is 0 Å². The van der Waals surface area contributed by atoms with Crippen molar-refractivity contribution < 1.29 is 28.7 Å². The third-order valence-electron chi connectivity index (χ3n) is 4.04. The standard InChI is InChI=1S/C14H32N2O6P2/c1-12(2,10-23(17,18)19)15-14(8-6-5-7-9-14)16-13(3,4)11-24(20,21)22/h15-16H,5-11H2,1-4H3,(H2,17,18,19)(H2,20,21,22)/p-4. The molecule has 0 aromatic carbocycles. The molecule has 0 aromatic heterocycles. The van der Waals surface area contributed by atoms with Crippen LogP contribution >= 0.6 is 15.2 Å². The van der Waals surface area contributed by atoms with Crippen molar-refractivity contribution in [2.24, 2.45) is 0 Å². The Morgan fingerprint density at radius 2 is 1.12 bits per heavy atom. The second-order valence-electron chi connectivity index (χ2n) is 8.20. The summed E-state index contributed by atoms with van der Waals surface area (Å²) in [7, 11) is -9.41. The Morgan fingerprint density at radius 3 is 1.42 bits per heavy atom. The van der Waals surface area contributed by atoms with Crippen molar-refractivity contribution in [1.82, 2.24) is 10.6 Å². The first-order valence-corrected chi connectivity index (χ1v) is 11.6. The first-order chi connectivity index (χ1) is 10.5. The molecule has 0 amide bonds. The van der Waals surface area contributed by atoms with E-state index >= 15 is 0 Å². The van der Waals surface area contributed by atoms with E-state index in [0.29, 0.717) is 12.8 Å². The molecule has 0 unspecified atom stereocenters. The Labute approximate surface area is 144 Å². The Balaban J connectivity index is 2.98. The topological polar surface area (TPSA) is 150 Å². The van der Waals surface area contributed by atoms with Gasteiger partial charge in [-0.25, -0.2) is 0 Å². The van der Waals surface area contributed by atoms with Crippen LogP contribution < -0.4 is 30.2 Å². The minimum absolute atomic E-state index is 0.550. The lowest BCUT2D eigenvalue weighted by molar-refractivity contribution is -0.316. The van der Waals surface area contributed by atoms with Gasteiger partial charge < -0.3 is 28.7 Å². The average Bonchev–Trinajstić information content (AvgIpc) is 2.19. The average molecular weight is 382 g/mol. The van der Waals surface area contributed by atoms with Gasteiger partial charge in [-0.2, -0.15) is 0 Å². The maximum absolute atomic E-state index is 11.2. The lowest BCUT2D eigenvalue weighted by Gasteiger charge is -2.52. The minimum Gasteiger partial charge on any atom is -0.811 e. The highest BCUT2D eigenvalue weighted by Crippen LogP contribution is 2.36. The fraction of sp³-hybridized carbons (Fsp3) is 1.00. The normalized spacial score (nSPS) is 20.2. The van der Waals surface area contributed by atoms with Gasteiger partial charge in [0, 0.05) is 11.1 Å². The molecule has 1 aliphatic rings. The monoisotopic (exact) mass is 382 g/mol. The summed E-state index contributed by atoms with van der Waals surface area (Å²) in [5.74, 6) is 0. The number of nitrogens with one attached hydrogen (secondary N) is 2. The number of hydrogen-bond donors (Lipinski definition) is 2. The molecule has 1 aliphatic carbocycles. The van der Waals surface area contributed by atoms with Gasteiger partial charge in [-0.15, -0.1) is 0 Å². The lowest BCUT2D eigenvalue weighted by Crippen LogP contribution is -2.70. The zero-order valence-electron chi connectivity index (χ0n) is 14.8. The van der Waals surface area contributed by atoms with Crippen molar-refractivity contribution in [2.45, 2.75) is 76.5 Å². The highest BCUT2D eigenvalue weighted by molar-refractivity contribution is 7.49. The van der Waals surface area contributed by atoms with Crippen molar-refractivity contribution in [3.8, 4) is 0 Å². The largest absolute Gasteiger partial charge is 0.811 e. The molecule has 0 atom stereocenters. The van der Waals surface area contributed by atoms with Crippen LogP contribution in [0.25, 0.3) is 0 Å². The zero-order valence-corrected chi connectivity index (χ0v) is 16.6. The molecule has 1 fully saturated rings. The molecular formula is C14H28N2O6P2-4. The van der Waals surface area contributed by atoms with E-state index in [1.54, 1.807) is 27.7 Å². The van der Waals surface area contributed by atoms with Gasteiger partial charge in [0.25, 0.3) is 0 Å². The number of hydrogen-bond acceptors (Lipinski definition) is 8. The molecule has 0 spiro atoms. The van der Waals surface area contributed by atoms with Gasteiger partial charge in [-0.05, 0) is 52.9 Å². The van der Waals surface area contributed by atoms with Crippen molar-refractivity contribution >= 4 is 15.2 Å². The van der Waals surface area contributed by atoms with Gasteiger partial charge in [-0.3, -0.25) is 10.6 Å². The highest BCUT2D eigenvalue weighted by Gasteiger charge is 2.40. The van der Waals surface area contributed by atoms with Gasteiger partial charge in [0.05, 0.1) is 5.66 Å². The Kier molecular flexibility index (Phi) is 6.91. The SMILES string of the molecule is CC(C)(CP(=O)([O-])[O-])NC1(NC(C)(C)CP(=O)([O-])[O-])CCCCC1. The first-order valence-electron chi connectivity index (χ1n) is 8.14. The van der Waals surface area contributed by atoms with Crippen LogP contribution in [0.15, 0.2) is 0 Å². The van der Waals surface area contributed by atoms with Crippen LogP contribution in [0.3, 0.4) is 0 Å². The second kappa shape index (κ2) is 7.45. The Morgan fingerprint density at radius 1 is 0.792 bits per heavy atom. The van der Waals surface area contributed by atoms with Crippen molar-refractivity contribution in [3.63, 3.8) is 0 Å². The van der Waals surface area contributed by atoms with E-state index < -0.39 is 44.3 Å². The summed E-state index contributed by atoms with van der Waals surface area (Å²) in [6.45, 7) is 6.53. The second-order valence-corrected chi connectivity index (χ2v) is 11.3. The summed E-state index contributed by atoms with van der Waals surface area (Å²) in [4.78, 5) is 44.6. The van der Waals surface area contributed by atoms with Crippen LogP contribution in [0.2, 0.25) is 0 Å². The van der Waals surface area contributed by atoms with E-state index in [1.807, 2.05) is 0 Å². The minimum atomic E-state index is -4.70. The fourth-order valence-corrected chi connectivity index (χ4v) is 5.87. The van der Waals surface area contributed by atoms with Gasteiger partial charge in [0.1, 0.15) is 0 Å². The molecule has 10 heteroatoms. The molecule has 1 rings (SSSR count). The summed E-state index contributed by atoms with van der Waals surface area (Å²) in [5, 5.41) is 6.46. The first kappa shape index (κ1) is 22.3. The summed E-state index contributed by atoms with van der Waals surface area (Å²) < 4.78 is 22.3. The molecule has 0 saturated heterocycles. The maximum atomic E-state index is 11.2. The molecule has 2 N–H and O–H groups in total. The molecule has 24 heavy (non-hydrogen) atoms. The van der Waals surface area contributed by atoms with Crippen LogP contribution in [-0.2, 0) is 9.13 Å². The summed E-state index contributed by atoms with van der Waals surface area (Å²) in [6, 6.07) is 0. The predicted octanol–water partition coefficient (Wildman–Crippen LogP) is -0.789. The van der Waals surface area contributed by atoms with Gasteiger partial charge in [0.15, 0.2) is 0 Å². The molecule has 0 aliphatic heterocycles. The molecule has 0 heterocycles. The lowest BCUT2D eigenvalue weighted by atomic mass is 9.85. The molecule has 0 aromatic rings. The third-order valence-corrected chi connectivity index (χ3v) is 6.40. The summed E-state index contributed by atoms with van der Waals surface area (Å²) in [6.07, 6.45) is 3.00. The third kappa shape index (κ3) is 8.54. The Bertz CT molecular complexity index is 479. The van der Waals surface area contributed by atoms with Crippen molar-refractivity contribution in [3.05, 3.63) is 0 Å². The van der Waals surface area contributed by atoms with Gasteiger partial charge >= 0.3 is 0 Å². The molecule has 0 radical (unpaired) electrons. The van der Waals surface area contributed by atoms with E-state index in [4.69, 9.17) is 0 Å². The molecule has 8 nitrogen and oxygen atoms in total. The van der Waals surface area contributed by atoms with Crippen molar-refractivity contribution in [1.29, 1.82) is 0 Å². The van der Waals surface area contributed by atoms with E-state index in [0.717, 1.165) is 19.3 Å². The predicted molar refractivity (Wildman–Crippen MR) is 85.2 cm³/mol. The van der Waals surface area contributed by atoms with E-state index in [2.05, 4.69) is 10.6 Å². The van der Waals surface area contributed by atoms with Crippen LogP contribution in [0, 0.1) is 0 Å². The highest BCUT2D eigenvalue weighted by atomic mass is 31.2. The molecule has 1 saturated carbocycles. The molecule has 0 bridgehead atoms. The maximum Gasteiger partial charge on any atom is 0.0695 e. The van der Waals surface area contributed by atoms with Gasteiger partial charge in [0.2, 0.25) is 0 Å². The Hall–Kier alpha value is 0.220. The fourth-order valence-electron chi connectivity index (χ4n) is 3.78. The van der Waals surface area contributed by atoms with E-state index in [1.165, 1.54) is 0 Å². The van der Waals surface area contributed by atoms with Crippen LogP contribution in [0.5, 0.6) is 0 Å². The summed E-state index contributed by atoms with van der Waals surface area (Å²) >= 11 is 0. The molecular weight excluding hydrogens is 354 g/mol. The number of rotatable bonds is 8. The van der Waals surface area contributed by atoms with Crippen LogP contribution in [0.1, 0.15) is 59.8 Å². The van der Waals surface area contributed by atoms with Gasteiger partial charge in [-0.1, -0.05) is 34.5 Å².